The van der Waals surface area contributed by atoms with Crippen LogP contribution in [0, 0.1) is 0 Å². The zero-order chi connectivity index (χ0) is 16.8. The van der Waals surface area contributed by atoms with Gasteiger partial charge in [-0.15, -0.1) is 0 Å². The summed E-state index contributed by atoms with van der Waals surface area (Å²) in [5, 5.41) is 2.85. The Labute approximate surface area is 136 Å². The molecule has 2 N–H and O–H groups in total. The van der Waals surface area contributed by atoms with E-state index in [0.717, 1.165) is 17.7 Å². The number of para-hydroxylation sites is 1. The quantitative estimate of drug-likeness (QED) is 0.798. The lowest BCUT2D eigenvalue weighted by Gasteiger charge is -2.18. The number of nitrogens with one attached hydrogen (secondary N) is 2. The standard InChI is InChI=1S/C18H22N2O3/c1-4-12(2)14-8-5-6-9-15(14)20-17(21)13(3)23-18(22)16-10-7-11-19-16/h5-13,19H,4H2,1-3H3,(H,20,21)/t12-,13-/m1/s1. The lowest BCUT2D eigenvalue weighted by Crippen LogP contribution is -2.30. The third-order valence-corrected chi connectivity index (χ3v) is 3.83. The second-order valence-electron chi connectivity index (χ2n) is 5.52. The maximum absolute atomic E-state index is 12.3. The molecular formula is C18H22N2O3. The van der Waals surface area contributed by atoms with E-state index in [0.29, 0.717) is 11.6 Å². The Morgan fingerprint density at radius 1 is 1.17 bits per heavy atom. The molecule has 0 aliphatic rings. The van der Waals surface area contributed by atoms with Gasteiger partial charge in [-0.05, 0) is 43.0 Å². The summed E-state index contributed by atoms with van der Waals surface area (Å²) in [7, 11) is 0. The van der Waals surface area contributed by atoms with Crippen LogP contribution in [0.5, 0.6) is 0 Å². The summed E-state index contributed by atoms with van der Waals surface area (Å²) in [5.41, 5.74) is 2.16. The number of aromatic nitrogens is 1. The van der Waals surface area contributed by atoms with Crippen molar-refractivity contribution in [1.82, 2.24) is 4.98 Å². The first-order chi connectivity index (χ1) is 11.0. The summed E-state index contributed by atoms with van der Waals surface area (Å²) in [6.07, 6.45) is 1.73. The summed E-state index contributed by atoms with van der Waals surface area (Å²) < 4.78 is 5.17. The van der Waals surface area contributed by atoms with Crippen LogP contribution in [0.2, 0.25) is 0 Å². The number of anilines is 1. The smallest absolute Gasteiger partial charge is 0.355 e. The van der Waals surface area contributed by atoms with Gasteiger partial charge in [0.15, 0.2) is 6.10 Å². The number of carbonyl (C=O) groups excluding carboxylic acids is 2. The highest BCUT2D eigenvalue weighted by Crippen LogP contribution is 2.26. The molecule has 0 unspecified atom stereocenters. The van der Waals surface area contributed by atoms with Gasteiger partial charge in [-0.3, -0.25) is 4.79 Å². The van der Waals surface area contributed by atoms with Gasteiger partial charge >= 0.3 is 5.97 Å². The van der Waals surface area contributed by atoms with Gasteiger partial charge in [-0.1, -0.05) is 32.0 Å². The van der Waals surface area contributed by atoms with Crippen LogP contribution in [0.3, 0.4) is 0 Å². The molecule has 2 rings (SSSR count). The lowest BCUT2D eigenvalue weighted by atomic mass is 9.97. The van der Waals surface area contributed by atoms with E-state index in [-0.39, 0.29) is 5.91 Å². The minimum atomic E-state index is -0.879. The topological polar surface area (TPSA) is 71.2 Å². The molecule has 0 spiro atoms. The molecule has 0 fully saturated rings. The van der Waals surface area contributed by atoms with Crippen molar-refractivity contribution < 1.29 is 14.3 Å². The average Bonchev–Trinajstić information content (AvgIpc) is 3.09. The van der Waals surface area contributed by atoms with E-state index >= 15 is 0 Å². The number of esters is 1. The van der Waals surface area contributed by atoms with E-state index in [4.69, 9.17) is 4.74 Å². The SMILES string of the molecule is CC[C@@H](C)c1ccccc1NC(=O)[C@@H](C)OC(=O)c1ccc[nH]1. The Balaban J connectivity index is 2.03. The fourth-order valence-corrected chi connectivity index (χ4v) is 2.23. The monoisotopic (exact) mass is 314 g/mol. The predicted molar refractivity (Wildman–Crippen MR) is 89.4 cm³/mol. The van der Waals surface area contributed by atoms with Crippen LogP contribution < -0.4 is 5.32 Å². The molecule has 23 heavy (non-hydrogen) atoms. The summed E-state index contributed by atoms with van der Waals surface area (Å²) in [5.74, 6) is -0.559. The lowest BCUT2D eigenvalue weighted by molar-refractivity contribution is -0.123. The van der Waals surface area contributed by atoms with Gasteiger partial charge in [-0.2, -0.15) is 0 Å². The van der Waals surface area contributed by atoms with Crippen LogP contribution >= 0.6 is 0 Å². The minimum absolute atomic E-state index is 0.324. The second kappa shape index (κ2) is 7.63. The summed E-state index contributed by atoms with van der Waals surface area (Å²) >= 11 is 0. The van der Waals surface area contributed by atoms with E-state index in [1.54, 1.807) is 25.3 Å². The normalized spacial score (nSPS) is 13.2. The predicted octanol–water partition coefficient (Wildman–Crippen LogP) is 3.71. The summed E-state index contributed by atoms with van der Waals surface area (Å²) in [6, 6.07) is 11.0. The Morgan fingerprint density at radius 2 is 1.91 bits per heavy atom. The molecule has 0 saturated carbocycles. The maximum Gasteiger partial charge on any atom is 0.355 e. The first kappa shape index (κ1) is 16.8. The fraction of sp³-hybridized carbons (Fsp3) is 0.333. The molecule has 0 bridgehead atoms. The van der Waals surface area contributed by atoms with Gasteiger partial charge in [0.1, 0.15) is 5.69 Å². The summed E-state index contributed by atoms with van der Waals surface area (Å²) in [4.78, 5) is 26.9. The Bertz CT molecular complexity index is 665. The van der Waals surface area contributed by atoms with Gasteiger partial charge in [0, 0.05) is 11.9 Å². The molecule has 0 aliphatic heterocycles. The van der Waals surface area contributed by atoms with Crippen molar-refractivity contribution in [1.29, 1.82) is 0 Å². The van der Waals surface area contributed by atoms with Crippen LogP contribution in [0.4, 0.5) is 5.69 Å². The zero-order valence-corrected chi connectivity index (χ0v) is 13.6. The van der Waals surface area contributed by atoms with Crippen molar-refractivity contribution in [2.45, 2.75) is 39.2 Å². The first-order valence-corrected chi connectivity index (χ1v) is 7.77. The van der Waals surface area contributed by atoms with Gasteiger partial charge in [0.25, 0.3) is 5.91 Å². The molecule has 0 radical (unpaired) electrons. The number of hydrogen-bond acceptors (Lipinski definition) is 3. The molecule has 2 aromatic rings. The van der Waals surface area contributed by atoms with Gasteiger partial charge in [0.05, 0.1) is 0 Å². The third kappa shape index (κ3) is 4.22. The van der Waals surface area contributed by atoms with Crippen molar-refractivity contribution in [2.24, 2.45) is 0 Å². The number of ether oxygens (including phenoxy) is 1. The van der Waals surface area contributed by atoms with Gasteiger partial charge < -0.3 is 15.0 Å². The van der Waals surface area contributed by atoms with E-state index in [1.165, 1.54) is 0 Å². The van der Waals surface area contributed by atoms with Crippen molar-refractivity contribution in [3.05, 3.63) is 53.9 Å². The van der Waals surface area contributed by atoms with Crippen LogP contribution in [-0.4, -0.2) is 23.0 Å². The highest BCUT2D eigenvalue weighted by Gasteiger charge is 2.20. The average molecular weight is 314 g/mol. The van der Waals surface area contributed by atoms with Gasteiger partial charge in [0.2, 0.25) is 0 Å². The number of carbonyl (C=O) groups is 2. The molecular weight excluding hydrogens is 292 g/mol. The molecule has 5 nitrogen and oxygen atoms in total. The Morgan fingerprint density at radius 3 is 2.57 bits per heavy atom. The van der Waals surface area contributed by atoms with Crippen molar-refractivity contribution in [2.75, 3.05) is 5.32 Å². The maximum atomic E-state index is 12.3. The van der Waals surface area contributed by atoms with Gasteiger partial charge in [-0.25, -0.2) is 4.79 Å². The van der Waals surface area contributed by atoms with Crippen molar-refractivity contribution >= 4 is 17.6 Å². The number of aromatic amines is 1. The Hall–Kier alpha value is -2.56. The molecule has 1 aromatic heterocycles. The number of H-pyrrole nitrogens is 1. The molecule has 0 aliphatic carbocycles. The minimum Gasteiger partial charge on any atom is -0.448 e. The molecule has 1 heterocycles. The van der Waals surface area contributed by atoms with Crippen molar-refractivity contribution in [3.8, 4) is 0 Å². The first-order valence-electron chi connectivity index (χ1n) is 7.77. The molecule has 0 saturated heterocycles. The Kier molecular flexibility index (Phi) is 5.57. The molecule has 122 valence electrons. The highest BCUT2D eigenvalue weighted by atomic mass is 16.5. The van der Waals surface area contributed by atoms with E-state index < -0.39 is 12.1 Å². The zero-order valence-electron chi connectivity index (χ0n) is 13.6. The fourth-order valence-electron chi connectivity index (χ4n) is 2.23. The summed E-state index contributed by atoms with van der Waals surface area (Å²) in [6.45, 7) is 5.77. The van der Waals surface area contributed by atoms with Crippen LogP contribution in [0.25, 0.3) is 0 Å². The third-order valence-electron chi connectivity index (χ3n) is 3.83. The number of hydrogen-bond donors (Lipinski definition) is 2. The van der Waals surface area contributed by atoms with Crippen LogP contribution in [0.15, 0.2) is 42.6 Å². The number of rotatable bonds is 6. The van der Waals surface area contributed by atoms with Crippen LogP contribution in [-0.2, 0) is 9.53 Å². The van der Waals surface area contributed by atoms with E-state index in [1.807, 2.05) is 24.3 Å². The van der Waals surface area contributed by atoms with Crippen molar-refractivity contribution in [3.63, 3.8) is 0 Å². The van der Waals surface area contributed by atoms with E-state index in [2.05, 4.69) is 24.1 Å². The molecule has 2 atom stereocenters. The molecule has 5 heteroatoms. The van der Waals surface area contributed by atoms with E-state index in [9.17, 15) is 9.59 Å². The number of benzene rings is 1. The highest BCUT2D eigenvalue weighted by molar-refractivity contribution is 5.97. The number of amides is 1. The van der Waals surface area contributed by atoms with Crippen LogP contribution in [0.1, 0.15) is 49.2 Å². The second-order valence-corrected chi connectivity index (χ2v) is 5.52. The molecule has 1 aromatic carbocycles. The largest absolute Gasteiger partial charge is 0.448 e. The molecule has 1 amide bonds.